The zero-order valence-electron chi connectivity index (χ0n) is 45.8. The molecule has 4 aromatic carbocycles. The molecule has 4 aliphatic heterocycles. The fourth-order valence-corrected chi connectivity index (χ4v) is 13.2. The third kappa shape index (κ3) is 11.9. The number of aromatic nitrogens is 2. The first-order valence-corrected chi connectivity index (χ1v) is 28.9. The number of piperazine rings is 1. The normalized spacial score (nSPS) is 21.0. The van der Waals surface area contributed by atoms with E-state index in [0.29, 0.717) is 43.9 Å². The second-order valence-electron chi connectivity index (χ2n) is 22.9. The number of carbonyl (C=O) groups excluding carboxylic acids is 3. The first-order valence-electron chi connectivity index (χ1n) is 27.7. The number of halogens is 3. The molecule has 7 atom stereocenters. The van der Waals surface area contributed by atoms with Gasteiger partial charge in [-0.25, -0.2) is 8.78 Å². The third-order valence-electron chi connectivity index (χ3n) is 16.2. The number of nitrogens with one attached hydrogen (secondary N) is 3. The topological polar surface area (TPSA) is 211 Å². The number of aliphatic hydroxyl groups is 1. The molecule has 10 rings (SSSR count). The van der Waals surface area contributed by atoms with E-state index >= 15 is 8.78 Å². The van der Waals surface area contributed by atoms with Crippen molar-refractivity contribution in [2.45, 2.75) is 122 Å². The molecule has 6 heterocycles. The Balaban J connectivity index is 0.735. The number of rotatable bonds is 18. The number of anilines is 2. The monoisotopic (exact) mass is 1130 g/mol. The smallest absolute Gasteiger partial charge is 0.319 e. The van der Waals surface area contributed by atoms with Crippen LogP contribution in [-0.4, -0.2) is 131 Å². The minimum Gasteiger partial charge on any atom is -0.462 e. The first-order chi connectivity index (χ1) is 38.4. The van der Waals surface area contributed by atoms with E-state index in [-0.39, 0.29) is 117 Å². The van der Waals surface area contributed by atoms with Gasteiger partial charge >= 0.3 is 6.01 Å². The van der Waals surface area contributed by atoms with Gasteiger partial charge in [0.2, 0.25) is 17.7 Å². The van der Waals surface area contributed by atoms with Crippen LogP contribution in [0.2, 0.25) is 5.02 Å². The molecule has 20 heteroatoms. The number of nitrogens with zero attached hydrogens (tertiary/aromatic N) is 6. The summed E-state index contributed by atoms with van der Waals surface area (Å²) in [6.45, 7) is 13.1. The van der Waals surface area contributed by atoms with Crippen molar-refractivity contribution >= 4 is 72.5 Å². The zero-order chi connectivity index (χ0) is 56.6. The quantitative estimate of drug-likeness (QED) is 0.0510. The largest absolute Gasteiger partial charge is 0.462 e. The number of amides is 3. The highest BCUT2D eigenvalue weighted by Crippen LogP contribution is 2.46. The summed E-state index contributed by atoms with van der Waals surface area (Å²) in [5.74, 6) is -1.99. The summed E-state index contributed by atoms with van der Waals surface area (Å²) < 4.78 is 44.8. The van der Waals surface area contributed by atoms with Crippen molar-refractivity contribution in [3.05, 3.63) is 100 Å². The molecule has 0 spiro atoms. The van der Waals surface area contributed by atoms with E-state index in [2.05, 4.69) is 55.9 Å². The summed E-state index contributed by atoms with van der Waals surface area (Å²) in [7, 11) is 0. The molecule has 0 aliphatic carbocycles. The van der Waals surface area contributed by atoms with Crippen LogP contribution in [-0.2, 0) is 19.1 Å². The molecule has 4 fully saturated rings. The summed E-state index contributed by atoms with van der Waals surface area (Å²) in [6.07, 6.45) is 3.72. The Morgan fingerprint density at radius 1 is 1.00 bits per heavy atom. The number of aryl methyl sites for hydroxylation is 1. The van der Waals surface area contributed by atoms with E-state index < -0.39 is 41.1 Å². The SMILES string of the molecule is Cc1ccccc1-c1ccc([C@H](C)NC(=O)[C@@H]2C[C@@H](O)CN2C(=O)[C@@H](NC(=O)CCOCCCN2CCC[C@H]2COc2nc(N3CC4CCC(C3)N4)c3cc(Cl)c(-c4ccc(F)c5sc(N)c(C#N)c45)c(F)c3n2)C(C)(C)C)cc1. The molecule has 422 valence electrons. The number of nitrogens with two attached hydrogens (primary N) is 1. The van der Waals surface area contributed by atoms with Crippen molar-refractivity contribution in [1.82, 2.24) is 35.7 Å². The molecule has 2 unspecified atom stereocenters. The average molecular weight is 1130 g/mol. The van der Waals surface area contributed by atoms with Crippen molar-refractivity contribution in [1.29, 1.82) is 5.26 Å². The fraction of sp³-hybridized carbons (Fsp3) is 0.467. The number of aliphatic hydroxyl groups excluding tert-OH is 1. The van der Waals surface area contributed by atoms with Crippen LogP contribution in [0.3, 0.4) is 0 Å². The van der Waals surface area contributed by atoms with Crippen molar-refractivity contribution in [2.24, 2.45) is 5.41 Å². The average Bonchev–Trinajstić information content (AvgIpc) is 4.34. The molecule has 2 aromatic heterocycles. The van der Waals surface area contributed by atoms with Gasteiger partial charge in [0.15, 0.2) is 5.82 Å². The number of hydrogen-bond donors (Lipinski definition) is 5. The van der Waals surface area contributed by atoms with Gasteiger partial charge in [-0.2, -0.15) is 15.2 Å². The van der Waals surface area contributed by atoms with Gasteiger partial charge in [0, 0.05) is 80.1 Å². The lowest BCUT2D eigenvalue weighted by atomic mass is 9.85. The van der Waals surface area contributed by atoms with Crippen molar-refractivity contribution in [2.75, 3.05) is 63.2 Å². The molecular formula is C60H69ClF2N10O6S. The predicted octanol–water partition coefficient (Wildman–Crippen LogP) is 8.82. The van der Waals surface area contributed by atoms with Crippen LogP contribution in [0, 0.1) is 35.3 Å². The molecule has 16 nitrogen and oxygen atoms in total. The highest BCUT2D eigenvalue weighted by Gasteiger charge is 2.45. The number of fused-ring (bicyclic) bond motifs is 4. The van der Waals surface area contributed by atoms with Gasteiger partial charge in [-0.15, -0.1) is 11.3 Å². The second-order valence-corrected chi connectivity index (χ2v) is 24.3. The van der Waals surface area contributed by atoms with Crippen LogP contribution in [0.4, 0.5) is 19.6 Å². The maximum Gasteiger partial charge on any atom is 0.319 e. The van der Waals surface area contributed by atoms with Gasteiger partial charge in [0.25, 0.3) is 0 Å². The minimum absolute atomic E-state index is 0.00792. The number of benzene rings is 4. The van der Waals surface area contributed by atoms with Crippen LogP contribution in [0.25, 0.3) is 43.2 Å². The van der Waals surface area contributed by atoms with E-state index in [1.165, 1.54) is 17.0 Å². The molecule has 6 N–H and O–H groups in total. The number of likely N-dealkylation sites (tertiary alicyclic amines) is 2. The summed E-state index contributed by atoms with van der Waals surface area (Å²) in [5, 5.41) is 31.2. The molecular weight excluding hydrogens is 1060 g/mol. The molecule has 0 saturated carbocycles. The van der Waals surface area contributed by atoms with Crippen LogP contribution >= 0.6 is 22.9 Å². The Labute approximate surface area is 474 Å². The molecule has 80 heavy (non-hydrogen) atoms. The highest BCUT2D eigenvalue weighted by atomic mass is 35.5. The maximum absolute atomic E-state index is 17.3. The predicted molar refractivity (Wildman–Crippen MR) is 307 cm³/mol. The van der Waals surface area contributed by atoms with E-state index in [1.807, 2.05) is 64.1 Å². The number of ether oxygens (including phenoxy) is 2. The summed E-state index contributed by atoms with van der Waals surface area (Å²) in [4.78, 5) is 56.9. The van der Waals surface area contributed by atoms with Gasteiger partial charge in [-0.05, 0) is 97.9 Å². The molecule has 0 radical (unpaired) electrons. The van der Waals surface area contributed by atoms with E-state index in [9.17, 15) is 24.8 Å². The Morgan fingerprint density at radius 2 is 1.75 bits per heavy atom. The zero-order valence-corrected chi connectivity index (χ0v) is 47.4. The molecule has 6 aromatic rings. The van der Waals surface area contributed by atoms with Crippen molar-refractivity contribution in [3.8, 4) is 34.3 Å². The van der Waals surface area contributed by atoms with Crippen molar-refractivity contribution < 1.29 is 37.7 Å². The Bertz CT molecular complexity index is 3340. The molecule has 2 bridgehead atoms. The number of nitriles is 1. The number of hydrogen-bond acceptors (Lipinski definition) is 14. The number of β-amino-alcohol motifs (C(OH)–C–C–N with tert-alkyl or cyclic N) is 1. The third-order valence-corrected chi connectivity index (χ3v) is 17.5. The summed E-state index contributed by atoms with van der Waals surface area (Å²) >= 11 is 7.87. The second kappa shape index (κ2) is 23.9. The van der Waals surface area contributed by atoms with Gasteiger partial charge in [-0.1, -0.05) is 87.0 Å². The lowest BCUT2D eigenvalue weighted by Gasteiger charge is -2.35. The molecule has 4 saturated heterocycles. The maximum atomic E-state index is 17.3. The lowest BCUT2D eigenvalue weighted by molar-refractivity contribution is -0.144. The van der Waals surface area contributed by atoms with Gasteiger partial charge in [0.05, 0.1) is 34.0 Å². The number of nitrogen functional groups attached to an aromatic ring is 1. The number of thiophene rings is 1. The number of carbonyl (C=O) groups is 3. The van der Waals surface area contributed by atoms with Crippen LogP contribution < -0.4 is 31.3 Å². The standard InChI is InChI=1S/C60H69ClF2N10O6S/c1-33-10-6-7-12-41(33)36-15-13-35(14-16-36)34(2)66-57(76)47-26-40(74)31-73(47)58(77)54(60(3,4)5)68-48(75)21-25-78-24-9-23-71-22-8-11-39(71)32-79-59-69-52-43(56(70-59)72-29-37-17-18-38(30-72)67-37)27-45(61)50(51(52)63)42-19-20-46(62)53-49(42)44(28-64)55(65)80-53/h6-7,10,12-16,19-20,27,34,37-40,47,54,67,74H,8-9,11,17-18,21-26,29-32,65H2,1-5H3,(H,66,76)(H,68,75)/t34-,37?,38?,39-,40+,47-,54+/m0/s1. The van der Waals surface area contributed by atoms with E-state index in [4.69, 9.17) is 31.8 Å². The van der Waals surface area contributed by atoms with Crippen LogP contribution in [0.15, 0.2) is 66.7 Å². The van der Waals surface area contributed by atoms with E-state index in [0.717, 1.165) is 65.8 Å². The first kappa shape index (κ1) is 56.7. The van der Waals surface area contributed by atoms with Crippen molar-refractivity contribution in [3.63, 3.8) is 0 Å². The molecule has 4 aliphatic rings. The lowest BCUT2D eigenvalue weighted by Crippen LogP contribution is -2.58. The Hall–Kier alpha value is -6.53. The summed E-state index contributed by atoms with van der Waals surface area (Å²) in [5.41, 5.74) is 9.95. The fourth-order valence-electron chi connectivity index (χ4n) is 12.0. The van der Waals surface area contributed by atoms with Gasteiger partial charge < -0.3 is 46.1 Å². The van der Waals surface area contributed by atoms with Gasteiger partial charge in [-0.3, -0.25) is 19.3 Å². The van der Waals surface area contributed by atoms with Gasteiger partial charge in [0.1, 0.15) is 46.9 Å². The van der Waals surface area contributed by atoms with Crippen LogP contribution in [0.1, 0.15) is 95.4 Å². The Morgan fingerprint density at radius 3 is 2.48 bits per heavy atom. The molecule has 3 amide bonds. The highest BCUT2D eigenvalue weighted by molar-refractivity contribution is 7.23. The Kier molecular flexibility index (Phi) is 16.9. The summed E-state index contributed by atoms with van der Waals surface area (Å²) in [6, 6.07) is 20.8. The van der Waals surface area contributed by atoms with Crippen LogP contribution in [0.5, 0.6) is 6.01 Å². The minimum atomic E-state index is -0.965. The van der Waals surface area contributed by atoms with E-state index in [1.54, 1.807) is 6.07 Å².